The van der Waals surface area contributed by atoms with Gasteiger partial charge in [0, 0.05) is 26.7 Å². The third-order valence-electron chi connectivity index (χ3n) is 2.07. The minimum Gasteiger partial charge on any atom is -0.349 e. The molecule has 0 aliphatic carbocycles. The van der Waals surface area contributed by atoms with E-state index in [1.165, 1.54) is 20.3 Å². The fourth-order valence-electron chi connectivity index (χ4n) is 1.30. The van der Waals surface area contributed by atoms with Crippen LogP contribution in [0.5, 0.6) is 0 Å². The number of carbonyl (C=O) groups is 1. The molecule has 0 N–H and O–H groups in total. The zero-order valence-electron chi connectivity index (χ0n) is 9.00. The number of rotatable bonds is 5. The highest BCUT2D eigenvalue weighted by Crippen LogP contribution is 2.11. The maximum absolute atomic E-state index is 13.2. The quantitative estimate of drug-likeness (QED) is 0.722. The molecule has 1 aromatic rings. The molecule has 0 radical (unpaired) electrons. The maximum Gasteiger partial charge on any atom is 0.217 e. The number of benzene rings is 1. The molecule has 0 amide bonds. The number of carbonyl (C=O) groups excluding carboxylic acids is 1. The summed E-state index contributed by atoms with van der Waals surface area (Å²) >= 11 is 0. The highest BCUT2D eigenvalue weighted by atomic mass is 19.1. The molecule has 0 saturated heterocycles. The van der Waals surface area contributed by atoms with Crippen LogP contribution in [0.15, 0.2) is 18.2 Å². The Morgan fingerprint density at radius 2 is 1.94 bits per heavy atom. The van der Waals surface area contributed by atoms with Crippen LogP contribution in [0, 0.1) is 11.6 Å². The van der Waals surface area contributed by atoms with Crippen molar-refractivity contribution in [1.29, 1.82) is 0 Å². The molecule has 1 rings (SSSR count). The number of methoxy groups -OCH3 is 2. The Kier molecular flexibility index (Phi) is 4.52. The van der Waals surface area contributed by atoms with E-state index in [0.29, 0.717) is 0 Å². The van der Waals surface area contributed by atoms with E-state index >= 15 is 0 Å². The summed E-state index contributed by atoms with van der Waals surface area (Å²) in [6.45, 7) is 0. The van der Waals surface area contributed by atoms with Crippen LogP contribution in [0.3, 0.4) is 0 Å². The first-order chi connectivity index (χ1) is 7.58. The van der Waals surface area contributed by atoms with Crippen molar-refractivity contribution in [2.45, 2.75) is 12.7 Å². The summed E-state index contributed by atoms with van der Waals surface area (Å²) in [5.41, 5.74) is 0.116. The molecule has 5 heteroatoms. The lowest BCUT2D eigenvalue weighted by Gasteiger charge is -2.11. The van der Waals surface area contributed by atoms with E-state index in [9.17, 15) is 13.6 Å². The van der Waals surface area contributed by atoms with Crippen molar-refractivity contribution in [1.82, 2.24) is 0 Å². The first-order valence-electron chi connectivity index (χ1n) is 4.60. The zero-order chi connectivity index (χ0) is 12.1. The summed E-state index contributed by atoms with van der Waals surface area (Å²) in [7, 11) is 2.63. The molecule has 0 spiro atoms. The van der Waals surface area contributed by atoms with Gasteiger partial charge < -0.3 is 9.47 Å². The molecule has 0 aromatic heterocycles. The van der Waals surface area contributed by atoms with Crippen molar-refractivity contribution >= 4 is 5.78 Å². The minimum absolute atomic E-state index is 0.116. The fraction of sp³-hybridized carbons (Fsp3) is 0.364. The lowest BCUT2D eigenvalue weighted by molar-refractivity contribution is -0.155. The van der Waals surface area contributed by atoms with Crippen molar-refractivity contribution in [2.24, 2.45) is 0 Å². The second kappa shape index (κ2) is 5.67. The highest BCUT2D eigenvalue weighted by Gasteiger charge is 2.18. The lowest BCUT2D eigenvalue weighted by Crippen LogP contribution is -2.26. The van der Waals surface area contributed by atoms with E-state index in [2.05, 4.69) is 0 Å². The van der Waals surface area contributed by atoms with Gasteiger partial charge in [-0.05, 0) is 11.6 Å². The monoisotopic (exact) mass is 230 g/mol. The third-order valence-corrected chi connectivity index (χ3v) is 2.07. The second-order valence-electron chi connectivity index (χ2n) is 3.18. The molecule has 16 heavy (non-hydrogen) atoms. The Bertz CT molecular complexity index is 375. The van der Waals surface area contributed by atoms with E-state index in [4.69, 9.17) is 9.47 Å². The number of Topliss-reactive ketones (excluding diaryl/α,β-unsaturated/α-hetero) is 1. The van der Waals surface area contributed by atoms with Crippen molar-refractivity contribution < 1.29 is 23.0 Å². The molecule has 0 aliphatic rings. The van der Waals surface area contributed by atoms with E-state index < -0.39 is 23.7 Å². The largest absolute Gasteiger partial charge is 0.349 e. The maximum atomic E-state index is 13.2. The van der Waals surface area contributed by atoms with E-state index in [1.807, 2.05) is 0 Å². The number of hydrogen-bond donors (Lipinski definition) is 0. The molecule has 0 aliphatic heterocycles. The summed E-state index contributed by atoms with van der Waals surface area (Å²) in [5, 5.41) is 0. The Hall–Kier alpha value is -1.33. The first kappa shape index (κ1) is 12.7. The fourth-order valence-corrected chi connectivity index (χ4v) is 1.30. The number of hydrogen-bond acceptors (Lipinski definition) is 3. The predicted molar refractivity (Wildman–Crippen MR) is 52.9 cm³/mol. The average Bonchev–Trinajstić information content (AvgIpc) is 2.24. The molecule has 0 atom stereocenters. The lowest BCUT2D eigenvalue weighted by atomic mass is 10.1. The van der Waals surface area contributed by atoms with Gasteiger partial charge in [-0.1, -0.05) is 6.07 Å². The Morgan fingerprint density at radius 3 is 2.44 bits per heavy atom. The molecule has 3 nitrogen and oxygen atoms in total. The molecule has 0 heterocycles. The Balaban J connectivity index is 2.76. The van der Waals surface area contributed by atoms with Crippen LogP contribution in [-0.2, 0) is 20.7 Å². The third kappa shape index (κ3) is 3.08. The summed E-state index contributed by atoms with van der Waals surface area (Å²) in [4.78, 5) is 11.5. The van der Waals surface area contributed by atoms with E-state index in [1.54, 1.807) is 0 Å². The van der Waals surface area contributed by atoms with Crippen LogP contribution in [0.1, 0.15) is 5.56 Å². The van der Waals surface area contributed by atoms with Gasteiger partial charge in [0.05, 0.1) is 0 Å². The van der Waals surface area contributed by atoms with E-state index in [0.717, 1.165) is 12.1 Å². The van der Waals surface area contributed by atoms with Gasteiger partial charge >= 0.3 is 0 Å². The topological polar surface area (TPSA) is 35.5 Å². The van der Waals surface area contributed by atoms with Gasteiger partial charge in [0.25, 0.3) is 0 Å². The second-order valence-corrected chi connectivity index (χ2v) is 3.18. The van der Waals surface area contributed by atoms with Crippen LogP contribution >= 0.6 is 0 Å². The number of halogens is 2. The molecule has 0 fully saturated rings. The van der Waals surface area contributed by atoms with Crippen LogP contribution in [0.25, 0.3) is 0 Å². The standard InChI is InChI=1S/C11H12F2O3/c1-15-11(16-2)10(14)5-7-3-4-8(12)6-9(7)13/h3-4,6,11H,5H2,1-2H3. The molecular formula is C11H12F2O3. The normalized spacial score (nSPS) is 10.8. The van der Waals surface area contributed by atoms with Gasteiger partial charge in [-0.3, -0.25) is 4.79 Å². The van der Waals surface area contributed by atoms with Crippen LogP contribution in [0.4, 0.5) is 8.78 Å². The molecule has 0 bridgehead atoms. The first-order valence-corrected chi connectivity index (χ1v) is 4.60. The zero-order valence-corrected chi connectivity index (χ0v) is 9.00. The number of ether oxygens (including phenoxy) is 2. The molecule has 0 saturated carbocycles. The van der Waals surface area contributed by atoms with Crippen LogP contribution in [0.2, 0.25) is 0 Å². The summed E-state index contributed by atoms with van der Waals surface area (Å²) < 4.78 is 35.3. The summed E-state index contributed by atoms with van der Waals surface area (Å²) in [5.74, 6) is -1.85. The van der Waals surface area contributed by atoms with Gasteiger partial charge in [-0.2, -0.15) is 0 Å². The molecule has 1 aromatic carbocycles. The predicted octanol–water partition coefficient (Wildman–Crippen LogP) is 1.70. The minimum atomic E-state index is -1.02. The van der Waals surface area contributed by atoms with Crippen LogP contribution in [-0.4, -0.2) is 26.3 Å². The van der Waals surface area contributed by atoms with Gasteiger partial charge in [-0.25, -0.2) is 8.78 Å². The van der Waals surface area contributed by atoms with Crippen molar-refractivity contribution in [3.63, 3.8) is 0 Å². The smallest absolute Gasteiger partial charge is 0.217 e. The molecule has 88 valence electrons. The van der Waals surface area contributed by atoms with Crippen molar-refractivity contribution in [3.8, 4) is 0 Å². The highest BCUT2D eigenvalue weighted by molar-refractivity contribution is 5.84. The van der Waals surface area contributed by atoms with Gasteiger partial charge in [-0.15, -0.1) is 0 Å². The SMILES string of the molecule is COC(OC)C(=O)Cc1ccc(F)cc1F. The van der Waals surface area contributed by atoms with E-state index in [-0.39, 0.29) is 12.0 Å². The molecular weight excluding hydrogens is 218 g/mol. The average molecular weight is 230 g/mol. The Morgan fingerprint density at radius 1 is 1.31 bits per heavy atom. The van der Waals surface area contributed by atoms with Crippen molar-refractivity contribution in [2.75, 3.05) is 14.2 Å². The molecule has 0 unspecified atom stereocenters. The van der Waals surface area contributed by atoms with Gasteiger partial charge in [0.1, 0.15) is 11.6 Å². The van der Waals surface area contributed by atoms with Gasteiger partial charge in [0.15, 0.2) is 5.78 Å². The van der Waals surface area contributed by atoms with Crippen LogP contribution < -0.4 is 0 Å². The Labute approximate surface area is 92.0 Å². The summed E-state index contributed by atoms with van der Waals surface area (Å²) in [6, 6.07) is 3.06. The van der Waals surface area contributed by atoms with Crippen molar-refractivity contribution in [3.05, 3.63) is 35.4 Å². The number of ketones is 1. The summed E-state index contributed by atoms with van der Waals surface area (Å²) in [6.07, 6.45) is -1.22. The van der Waals surface area contributed by atoms with Gasteiger partial charge in [0.2, 0.25) is 6.29 Å².